The van der Waals surface area contributed by atoms with E-state index < -0.39 is 0 Å². The fourth-order valence-electron chi connectivity index (χ4n) is 2.61. The zero-order chi connectivity index (χ0) is 11.5. The van der Waals surface area contributed by atoms with Crippen molar-refractivity contribution in [2.24, 2.45) is 0 Å². The number of hydrogen-bond acceptors (Lipinski definition) is 3. The Morgan fingerprint density at radius 3 is 2.44 bits per heavy atom. The molecule has 1 aliphatic carbocycles. The molecule has 1 fully saturated rings. The molecule has 0 bridgehead atoms. The van der Waals surface area contributed by atoms with Crippen molar-refractivity contribution >= 4 is 17.1 Å². The molecule has 1 aromatic rings. The van der Waals surface area contributed by atoms with E-state index in [9.17, 15) is 0 Å². The molecule has 4 N–H and O–H groups in total. The summed E-state index contributed by atoms with van der Waals surface area (Å²) in [6, 6.07) is 6.67. The number of anilines is 3. The Morgan fingerprint density at radius 1 is 1.19 bits per heavy atom. The van der Waals surface area contributed by atoms with Crippen molar-refractivity contribution in [3.8, 4) is 0 Å². The van der Waals surface area contributed by atoms with Crippen LogP contribution in [0.25, 0.3) is 0 Å². The van der Waals surface area contributed by atoms with Gasteiger partial charge in [0.25, 0.3) is 0 Å². The normalized spacial score (nSPS) is 16.6. The molecular formula is C13H21N3. The lowest BCUT2D eigenvalue weighted by Crippen LogP contribution is -2.32. The van der Waals surface area contributed by atoms with E-state index in [1.54, 1.807) is 0 Å². The van der Waals surface area contributed by atoms with Gasteiger partial charge >= 0.3 is 0 Å². The third-order valence-electron chi connectivity index (χ3n) is 3.51. The molecule has 1 aliphatic rings. The van der Waals surface area contributed by atoms with Gasteiger partial charge in [-0.15, -0.1) is 0 Å². The van der Waals surface area contributed by atoms with E-state index in [4.69, 9.17) is 11.5 Å². The minimum Gasteiger partial charge on any atom is -0.397 e. The lowest BCUT2D eigenvalue weighted by atomic mass is 10.1. The first kappa shape index (κ1) is 11.1. The summed E-state index contributed by atoms with van der Waals surface area (Å²) in [6.07, 6.45) is 5.31. The first-order valence-electron chi connectivity index (χ1n) is 6.14. The SMILES string of the molecule is CCN(c1ccc(N)c(N)c1)C1CCCC1. The van der Waals surface area contributed by atoms with Crippen LogP contribution in [0.4, 0.5) is 17.1 Å². The van der Waals surface area contributed by atoms with Crippen LogP contribution in [-0.2, 0) is 0 Å². The second-order valence-corrected chi connectivity index (χ2v) is 4.54. The third-order valence-corrected chi connectivity index (χ3v) is 3.51. The van der Waals surface area contributed by atoms with Gasteiger partial charge in [0.2, 0.25) is 0 Å². The summed E-state index contributed by atoms with van der Waals surface area (Å²) >= 11 is 0. The van der Waals surface area contributed by atoms with Crippen LogP contribution in [-0.4, -0.2) is 12.6 Å². The van der Waals surface area contributed by atoms with Gasteiger partial charge in [-0.25, -0.2) is 0 Å². The Balaban J connectivity index is 2.22. The number of nitrogen functional groups attached to an aromatic ring is 2. The van der Waals surface area contributed by atoms with Gasteiger partial charge in [0.1, 0.15) is 0 Å². The van der Waals surface area contributed by atoms with Gasteiger partial charge in [-0.2, -0.15) is 0 Å². The summed E-state index contributed by atoms with van der Waals surface area (Å²) in [7, 11) is 0. The maximum atomic E-state index is 5.86. The van der Waals surface area contributed by atoms with Crippen LogP contribution < -0.4 is 16.4 Å². The van der Waals surface area contributed by atoms with E-state index >= 15 is 0 Å². The van der Waals surface area contributed by atoms with Gasteiger partial charge in [-0.05, 0) is 38.0 Å². The van der Waals surface area contributed by atoms with Gasteiger partial charge in [-0.1, -0.05) is 12.8 Å². The Morgan fingerprint density at radius 2 is 1.88 bits per heavy atom. The van der Waals surface area contributed by atoms with Crippen molar-refractivity contribution < 1.29 is 0 Å². The van der Waals surface area contributed by atoms with E-state index in [-0.39, 0.29) is 0 Å². The van der Waals surface area contributed by atoms with Crippen LogP contribution in [0, 0.1) is 0 Å². The first-order valence-corrected chi connectivity index (χ1v) is 6.14. The molecule has 0 aromatic heterocycles. The molecule has 1 aromatic carbocycles. The molecule has 0 amide bonds. The highest BCUT2D eigenvalue weighted by Gasteiger charge is 2.21. The molecule has 3 nitrogen and oxygen atoms in total. The molecule has 0 radical (unpaired) electrons. The minimum atomic E-state index is 0.672. The molecule has 0 aliphatic heterocycles. The van der Waals surface area contributed by atoms with Crippen LogP contribution >= 0.6 is 0 Å². The van der Waals surface area contributed by atoms with Crippen LogP contribution in [0.5, 0.6) is 0 Å². The fraction of sp³-hybridized carbons (Fsp3) is 0.538. The van der Waals surface area contributed by atoms with Crippen molar-refractivity contribution in [1.82, 2.24) is 0 Å². The highest BCUT2D eigenvalue weighted by molar-refractivity contribution is 5.70. The number of nitrogens with two attached hydrogens (primary N) is 2. The number of hydrogen-bond donors (Lipinski definition) is 2. The predicted octanol–water partition coefficient (Wildman–Crippen LogP) is 2.62. The van der Waals surface area contributed by atoms with Crippen molar-refractivity contribution in [1.29, 1.82) is 0 Å². The van der Waals surface area contributed by atoms with Gasteiger partial charge in [-0.3, -0.25) is 0 Å². The van der Waals surface area contributed by atoms with E-state index in [1.807, 2.05) is 12.1 Å². The third kappa shape index (κ3) is 2.08. The van der Waals surface area contributed by atoms with E-state index in [1.165, 1.54) is 31.4 Å². The number of benzene rings is 1. The van der Waals surface area contributed by atoms with Crippen molar-refractivity contribution in [2.75, 3.05) is 22.9 Å². The molecule has 0 unspecified atom stereocenters. The Bertz CT molecular complexity index is 356. The molecule has 16 heavy (non-hydrogen) atoms. The van der Waals surface area contributed by atoms with Gasteiger partial charge in [0, 0.05) is 18.3 Å². The van der Waals surface area contributed by atoms with Gasteiger partial charge < -0.3 is 16.4 Å². The lowest BCUT2D eigenvalue weighted by molar-refractivity contribution is 0.620. The predicted molar refractivity (Wildman–Crippen MR) is 70.5 cm³/mol. The minimum absolute atomic E-state index is 0.672. The average molecular weight is 219 g/mol. The maximum Gasteiger partial charge on any atom is 0.0568 e. The summed E-state index contributed by atoms with van der Waals surface area (Å²) in [6.45, 7) is 3.24. The zero-order valence-corrected chi connectivity index (χ0v) is 9.95. The maximum absolute atomic E-state index is 5.86. The molecule has 0 spiro atoms. The molecule has 0 atom stereocenters. The summed E-state index contributed by atoms with van der Waals surface area (Å²) in [4.78, 5) is 2.45. The Hall–Kier alpha value is -1.38. The summed E-state index contributed by atoms with van der Waals surface area (Å²) in [5.74, 6) is 0. The lowest BCUT2D eigenvalue weighted by Gasteiger charge is -2.30. The molecule has 88 valence electrons. The summed E-state index contributed by atoms with van der Waals surface area (Å²) in [5, 5.41) is 0. The molecule has 3 heteroatoms. The number of nitrogens with zero attached hydrogens (tertiary/aromatic N) is 1. The quantitative estimate of drug-likeness (QED) is 0.768. The highest BCUT2D eigenvalue weighted by atomic mass is 15.2. The van der Waals surface area contributed by atoms with Crippen molar-refractivity contribution in [2.45, 2.75) is 38.6 Å². The van der Waals surface area contributed by atoms with Crippen LogP contribution in [0.1, 0.15) is 32.6 Å². The average Bonchev–Trinajstić information content (AvgIpc) is 2.78. The monoisotopic (exact) mass is 219 g/mol. The largest absolute Gasteiger partial charge is 0.397 e. The van der Waals surface area contributed by atoms with E-state index in [2.05, 4.69) is 17.9 Å². The van der Waals surface area contributed by atoms with Gasteiger partial charge in [0.15, 0.2) is 0 Å². The second kappa shape index (κ2) is 4.64. The zero-order valence-electron chi connectivity index (χ0n) is 9.95. The summed E-state index contributed by atoms with van der Waals surface area (Å²) in [5.41, 5.74) is 14.2. The molecule has 0 heterocycles. The molecule has 1 saturated carbocycles. The molecule has 2 rings (SSSR count). The van der Waals surface area contributed by atoms with Crippen LogP contribution in [0.2, 0.25) is 0 Å². The fourth-order valence-corrected chi connectivity index (χ4v) is 2.61. The second-order valence-electron chi connectivity index (χ2n) is 4.54. The first-order chi connectivity index (χ1) is 7.72. The van der Waals surface area contributed by atoms with Crippen molar-refractivity contribution in [3.63, 3.8) is 0 Å². The van der Waals surface area contributed by atoms with E-state index in [0.717, 1.165) is 6.54 Å². The molecular weight excluding hydrogens is 198 g/mol. The molecule has 0 saturated heterocycles. The van der Waals surface area contributed by atoms with E-state index in [0.29, 0.717) is 17.4 Å². The Labute approximate surface area is 97.4 Å². The van der Waals surface area contributed by atoms with Gasteiger partial charge in [0.05, 0.1) is 11.4 Å². The Kier molecular flexibility index (Phi) is 3.22. The smallest absolute Gasteiger partial charge is 0.0568 e. The van der Waals surface area contributed by atoms with Crippen molar-refractivity contribution in [3.05, 3.63) is 18.2 Å². The topological polar surface area (TPSA) is 55.3 Å². The standard InChI is InChI=1S/C13H21N3/c1-2-16(10-5-3-4-6-10)11-7-8-12(14)13(15)9-11/h7-10H,2-6,14-15H2,1H3. The van der Waals surface area contributed by atoms with Crippen LogP contribution in [0.3, 0.4) is 0 Å². The number of rotatable bonds is 3. The highest BCUT2D eigenvalue weighted by Crippen LogP contribution is 2.30. The van der Waals surface area contributed by atoms with Crippen LogP contribution in [0.15, 0.2) is 18.2 Å². The summed E-state index contributed by atoms with van der Waals surface area (Å²) < 4.78 is 0.